The summed E-state index contributed by atoms with van der Waals surface area (Å²) >= 11 is 0. The number of carbonyl (C=O) groups is 1. The Balaban J connectivity index is 1.15. The van der Waals surface area contributed by atoms with Crippen LogP contribution in [0.4, 0.5) is 10.2 Å². The third-order valence-corrected chi connectivity index (χ3v) is 6.97. The highest BCUT2D eigenvalue weighted by Gasteiger charge is 2.29. The smallest absolute Gasteiger partial charge is 0.358 e. The summed E-state index contributed by atoms with van der Waals surface area (Å²) < 4.78 is 21.0. The van der Waals surface area contributed by atoms with E-state index in [1.807, 2.05) is 24.4 Å². The van der Waals surface area contributed by atoms with Crippen molar-refractivity contribution in [3.8, 4) is 0 Å². The Morgan fingerprint density at radius 1 is 0.969 bits per heavy atom. The number of hydrogen-bond donors (Lipinski definition) is 0. The molecular weight excluding hydrogens is 409 g/mol. The number of aromatic nitrogens is 3. The molecular formula is C24H28FN5O2. The van der Waals surface area contributed by atoms with Gasteiger partial charge >= 0.3 is 5.97 Å². The predicted molar refractivity (Wildman–Crippen MR) is 120 cm³/mol. The Morgan fingerprint density at radius 2 is 1.72 bits per heavy atom. The number of esters is 1. The molecule has 5 rings (SSSR count). The summed E-state index contributed by atoms with van der Waals surface area (Å²) in [5.74, 6) is 0.188. The number of piperazine rings is 1. The molecule has 3 aromatic rings. The van der Waals surface area contributed by atoms with Crippen molar-refractivity contribution in [1.29, 1.82) is 0 Å². The number of nitrogens with zero attached hydrogens (tertiary/aromatic N) is 5. The Kier molecular flexibility index (Phi) is 5.78. The highest BCUT2D eigenvalue weighted by molar-refractivity contribution is 5.87. The van der Waals surface area contributed by atoms with E-state index in [9.17, 15) is 9.18 Å². The first-order valence-corrected chi connectivity index (χ1v) is 11.3. The van der Waals surface area contributed by atoms with Crippen LogP contribution in [0.5, 0.6) is 0 Å². The summed E-state index contributed by atoms with van der Waals surface area (Å²) in [6.07, 6.45) is 6.60. The fourth-order valence-corrected chi connectivity index (χ4v) is 5.19. The van der Waals surface area contributed by atoms with Gasteiger partial charge in [0.1, 0.15) is 5.82 Å². The quantitative estimate of drug-likeness (QED) is 0.581. The molecule has 0 unspecified atom stereocenters. The van der Waals surface area contributed by atoms with Gasteiger partial charge in [0.05, 0.1) is 12.6 Å². The summed E-state index contributed by atoms with van der Waals surface area (Å²) in [6.45, 7) is 3.78. The third kappa shape index (κ3) is 3.95. The van der Waals surface area contributed by atoms with Gasteiger partial charge in [-0.2, -0.15) is 0 Å². The van der Waals surface area contributed by atoms with Gasteiger partial charge in [0, 0.05) is 49.8 Å². The van der Waals surface area contributed by atoms with Crippen LogP contribution < -0.4 is 4.90 Å². The van der Waals surface area contributed by atoms with E-state index >= 15 is 0 Å². The van der Waals surface area contributed by atoms with Crippen LogP contribution in [0.1, 0.15) is 42.2 Å². The molecule has 1 aromatic carbocycles. The number of anilines is 1. The number of fused-ring (bicyclic) bond motifs is 1. The van der Waals surface area contributed by atoms with Gasteiger partial charge in [-0.3, -0.25) is 4.90 Å². The van der Waals surface area contributed by atoms with Crippen molar-refractivity contribution in [2.75, 3.05) is 38.2 Å². The van der Waals surface area contributed by atoms with Gasteiger partial charge in [-0.15, -0.1) is 10.2 Å². The first kappa shape index (κ1) is 20.9. The third-order valence-electron chi connectivity index (χ3n) is 6.97. The molecule has 1 aliphatic heterocycles. The van der Waals surface area contributed by atoms with Gasteiger partial charge in [0.15, 0.2) is 11.5 Å². The van der Waals surface area contributed by atoms with E-state index in [4.69, 9.17) is 0 Å². The van der Waals surface area contributed by atoms with Gasteiger partial charge in [0.2, 0.25) is 0 Å². The Morgan fingerprint density at radius 3 is 2.41 bits per heavy atom. The first-order chi connectivity index (χ1) is 15.6. The molecule has 2 aliphatic rings. The van der Waals surface area contributed by atoms with E-state index in [1.54, 1.807) is 12.1 Å². The highest BCUT2D eigenvalue weighted by atomic mass is 19.1. The SMILES string of the molecule is COC(=O)c1ccc(N2CCN(C3CCC(n4ccc5c(F)cccc54)CC3)CC2)nn1. The zero-order chi connectivity index (χ0) is 22.1. The van der Waals surface area contributed by atoms with Crippen LogP contribution in [-0.2, 0) is 4.74 Å². The van der Waals surface area contributed by atoms with Crippen LogP contribution in [-0.4, -0.2) is 65.0 Å². The van der Waals surface area contributed by atoms with Crippen LogP contribution in [0.15, 0.2) is 42.6 Å². The molecule has 0 N–H and O–H groups in total. The topological polar surface area (TPSA) is 63.5 Å². The standard InChI is InChI=1S/C24H28FN5O2/c1-32-24(31)21-9-10-23(27-26-21)29-15-13-28(14-16-29)17-5-7-18(8-6-17)30-12-11-19-20(25)3-2-4-22(19)30/h2-4,9-12,17-18H,5-8,13-16H2,1H3. The minimum Gasteiger partial charge on any atom is -0.464 e. The number of carbonyl (C=O) groups excluding carboxylic acids is 1. The molecule has 3 heterocycles. The number of ether oxygens (including phenoxy) is 1. The van der Waals surface area contributed by atoms with Gasteiger partial charge in [0.25, 0.3) is 0 Å². The molecule has 8 heteroatoms. The van der Waals surface area contributed by atoms with Gasteiger partial charge in [-0.1, -0.05) is 6.07 Å². The maximum Gasteiger partial charge on any atom is 0.358 e. The highest BCUT2D eigenvalue weighted by Crippen LogP contribution is 2.34. The zero-order valence-electron chi connectivity index (χ0n) is 18.3. The average Bonchev–Trinajstić information content (AvgIpc) is 3.29. The van der Waals surface area contributed by atoms with Crippen LogP contribution in [0.25, 0.3) is 10.9 Å². The lowest BCUT2D eigenvalue weighted by atomic mass is 9.89. The maximum absolute atomic E-state index is 14.0. The Hall–Kier alpha value is -3.00. The number of rotatable bonds is 4. The molecule has 0 bridgehead atoms. The van der Waals surface area contributed by atoms with Gasteiger partial charge in [-0.25, -0.2) is 9.18 Å². The predicted octanol–water partition coefficient (Wildman–Crippen LogP) is 3.66. The van der Waals surface area contributed by atoms with E-state index in [-0.39, 0.29) is 11.5 Å². The second-order valence-electron chi connectivity index (χ2n) is 8.65. The Labute approximate surface area is 186 Å². The van der Waals surface area contributed by atoms with Crippen molar-refractivity contribution in [1.82, 2.24) is 19.7 Å². The molecule has 0 spiro atoms. The molecule has 2 aromatic heterocycles. The van der Waals surface area contributed by atoms with Crippen molar-refractivity contribution in [3.63, 3.8) is 0 Å². The summed E-state index contributed by atoms with van der Waals surface area (Å²) in [6, 6.07) is 11.8. The molecule has 32 heavy (non-hydrogen) atoms. The first-order valence-electron chi connectivity index (χ1n) is 11.3. The van der Waals surface area contributed by atoms with Crippen LogP contribution in [0, 0.1) is 5.82 Å². The molecule has 1 saturated carbocycles. The van der Waals surface area contributed by atoms with Crippen LogP contribution >= 0.6 is 0 Å². The molecule has 1 aliphatic carbocycles. The molecule has 0 atom stereocenters. The zero-order valence-corrected chi connectivity index (χ0v) is 18.3. The minimum absolute atomic E-state index is 0.141. The lowest BCUT2D eigenvalue weighted by Gasteiger charge is -2.42. The number of halogens is 1. The Bertz CT molecular complexity index is 1080. The van der Waals surface area contributed by atoms with Crippen LogP contribution in [0.2, 0.25) is 0 Å². The molecule has 7 nitrogen and oxygen atoms in total. The monoisotopic (exact) mass is 437 g/mol. The summed E-state index contributed by atoms with van der Waals surface area (Å²) in [4.78, 5) is 16.3. The largest absolute Gasteiger partial charge is 0.464 e. The molecule has 2 fully saturated rings. The second kappa shape index (κ2) is 8.86. The van der Waals surface area contributed by atoms with E-state index in [0.29, 0.717) is 17.5 Å². The number of methoxy groups -OCH3 is 1. The number of benzene rings is 1. The fraction of sp³-hybridized carbons (Fsp3) is 0.458. The van der Waals surface area contributed by atoms with Crippen molar-refractivity contribution < 1.29 is 13.9 Å². The van der Waals surface area contributed by atoms with E-state index in [0.717, 1.165) is 63.2 Å². The molecule has 1 saturated heterocycles. The van der Waals surface area contributed by atoms with Gasteiger partial charge < -0.3 is 14.2 Å². The summed E-state index contributed by atoms with van der Waals surface area (Å²) in [7, 11) is 1.34. The normalized spacial score (nSPS) is 22.2. The van der Waals surface area contributed by atoms with Crippen molar-refractivity contribution >= 4 is 22.7 Å². The van der Waals surface area contributed by atoms with Crippen molar-refractivity contribution in [2.24, 2.45) is 0 Å². The summed E-state index contributed by atoms with van der Waals surface area (Å²) in [5.41, 5.74) is 1.23. The van der Waals surface area contributed by atoms with E-state index in [2.05, 4.69) is 29.3 Å². The maximum atomic E-state index is 14.0. The van der Waals surface area contributed by atoms with E-state index < -0.39 is 5.97 Å². The van der Waals surface area contributed by atoms with E-state index in [1.165, 1.54) is 13.2 Å². The van der Waals surface area contributed by atoms with Crippen LogP contribution in [0.3, 0.4) is 0 Å². The molecule has 0 amide bonds. The van der Waals surface area contributed by atoms with Gasteiger partial charge in [-0.05, 0) is 56.0 Å². The number of hydrogen-bond acceptors (Lipinski definition) is 6. The van der Waals surface area contributed by atoms with Crippen molar-refractivity contribution in [3.05, 3.63) is 54.1 Å². The minimum atomic E-state index is -0.470. The molecule has 168 valence electrons. The van der Waals surface area contributed by atoms with Crippen molar-refractivity contribution in [2.45, 2.75) is 37.8 Å². The lowest BCUT2D eigenvalue weighted by molar-refractivity contribution is 0.0592. The lowest BCUT2D eigenvalue weighted by Crippen LogP contribution is -2.51. The average molecular weight is 438 g/mol. The fourth-order valence-electron chi connectivity index (χ4n) is 5.19. The summed E-state index contributed by atoms with van der Waals surface area (Å²) in [5, 5.41) is 8.91. The molecule has 0 radical (unpaired) electrons. The second-order valence-corrected chi connectivity index (χ2v) is 8.65.